The molecule has 0 aromatic heterocycles. The fourth-order valence-electron chi connectivity index (χ4n) is 2.37. The fourth-order valence-corrected chi connectivity index (χ4v) is 2.37. The summed E-state index contributed by atoms with van der Waals surface area (Å²) in [5.74, 6) is 0.321. The third kappa shape index (κ3) is 1.99. The first-order valence-corrected chi connectivity index (χ1v) is 4.52. The monoisotopic (exact) mass is 247 g/mol. The van der Waals surface area contributed by atoms with Crippen molar-refractivity contribution in [2.75, 3.05) is 19.6 Å². The van der Waals surface area contributed by atoms with Crippen LogP contribution in [0.5, 0.6) is 0 Å². The molecule has 3 aliphatic heterocycles. The second-order valence-electron chi connectivity index (χ2n) is 3.76. The van der Waals surface area contributed by atoms with Crippen LogP contribution in [0.3, 0.4) is 0 Å². The van der Waals surface area contributed by atoms with Crippen molar-refractivity contribution in [1.29, 1.82) is 0 Å². The Bertz CT molecular complexity index is 212. The quantitative estimate of drug-likeness (QED) is 0.532. The van der Waals surface area contributed by atoms with Crippen LogP contribution in [-0.4, -0.2) is 36.6 Å². The molecule has 0 aliphatic carbocycles. The van der Waals surface area contributed by atoms with Gasteiger partial charge in [-0.3, -0.25) is 9.59 Å². The molecule has 3 aliphatic rings. The van der Waals surface area contributed by atoms with E-state index in [9.17, 15) is 9.59 Å². The summed E-state index contributed by atoms with van der Waals surface area (Å²) in [5.41, 5.74) is 0. The van der Waals surface area contributed by atoms with Gasteiger partial charge in [0.2, 0.25) is 0 Å². The smallest absolute Gasteiger partial charge is 0.199 e. The highest BCUT2D eigenvalue weighted by Crippen LogP contribution is 2.32. The van der Waals surface area contributed by atoms with Crippen molar-refractivity contribution in [2.45, 2.75) is 12.8 Å². The highest BCUT2D eigenvalue weighted by molar-refractivity contribution is 8.93. The largest absolute Gasteiger partial charge is 0.303 e. The molecule has 0 N–H and O–H groups in total. The standard InChI is InChI=1S/C9H13NO2.BrH/c11-6-9(12)8-5-10-3-1-7(8)2-4-10;/h6-8H,1-5H2;1H. The predicted molar refractivity (Wildman–Crippen MR) is 54.0 cm³/mol. The zero-order chi connectivity index (χ0) is 8.55. The number of hydrogen-bond acceptors (Lipinski definition) is 3. The molecule has 0 aromatic rings. The molecule has 1 unspecified atom stereocenters. The Hall–Kier alpha value is -0.220. The van der Waals surface area contributed by atoms with E-state index in [1.54, 1.807) is 0 Å². The lowest BCUT2D eigenvalue weighted by atomic mass is 9.77. The molecule has 2 bridgehead atoms. The van der Waals surface area contributed by atoms with Crippen LogP contribution in [0.1, 0.15) is 12.8 Å². The summed E-state index contributed by atoms with van der Waals surface area (Å²) in [6.45, 7) is 3.06. The average molecular weight is 248 g/mol. The van der Waals surface area contributed by atoms with Crippen molar-refractivity contribution in [2.24, 2.45) is 11.8 Å². The summed E-state index contributed by atoms with van der Waals surface area (Å²) < 4.78 is 0. The SMILES string of the molecule is Br.O=CC(=O)C1CN2CCC1CC2. The van der Waals surface area contributed by atoms with Crippen LogP contribution in [0.15, 0.2) is 0 Å². The summed E-state index contributed by atoms with van der Waals surface area (Å²) in [6, 6.07) is 0. The Morgan fingerprint density at radius 2 is 1.92 bits per heavy atom. The zero-order valence-electron chi connectivity index (χ0n) is 7.44. The number of rotatable bonds is 2. The lowest BCUT2D eigenvalue weighted by Gasteiger charge is -2.43. The number of carbonyl (C=O) groups excluding carboxylic acids is 2. The normalized spacial score (nSPS) is 36.5. The molecular formula is C9H14BrNO2. The summed E-state index contributed by atoms with van der Waals surface area (Å²) in [6.07, 6.45) is 2.70. The van der Waals surface area contributed by atoms with Crippen molar-refractivity contribution in [3.8, 4) is 0 Å². The maximum Gasteiger partial charge on any atom is 0.199 e. The second-order valence-corrected chi connectivity index (χ2v) is 3.76. The Morgan fingerprint density at radius 3 is 2.31 bits per heavy atom. The van der Waals surface area contributed by atoms with Gasteiger partial charge in [0.05, 0.1) is 0 Å². The van der Waals surface area contributed by atoms with E-state index in [1.165, 1.54) is 0 Å². The van der Waals surface area contributed by atoms with E-state index >= 15 is 0 Å². The molecule has 3 fully saturated rings. The number of carbonyl (C=O) groups is 2. The first-order chi connectivity index (χ1) is 5.81. The van der Waals surface area contributed by atoms with E-state index in [0.29, 0.717) is 12.2 Å². The average Bonchev–Trinajstić information content (AvgIpc) is 2.18. The van der Waals surface area contributed by atoms with E-state index in [-0.39, 0.29) is 28.7 Å². The van der Waals surface area contributed by atoms with Crippen LogP contribution >= 0.6 is 17.0 Å². The van der Waals surface area contributed by atoms with E-state index < -0.39 is 0 Å². The highest BCUT2D eigenvalue weighted by atomic mass is 79.9. The van der Waals surface area contributed by atoms with Gasteiger partial charge < -0.3 is 4.90 Å². The van der Waals surface area contributed by atoms with Gasteiger partial charge >= 0.3 is 0 Å². The predicted octanol–water partition coefficient (Wildman–Crippen LogP) is 0.674. The van der Waals surface area contributed by atoms with Crippen molar-refractivity contribution >= 4 is 29.1 Å². The topological polar surface area (TPSA) is 37.4 Å². The summed E-state index contributed by atoms with van der Waals surface area (Å²) in [4.78, 5) is 23.8. The molecule has 0 amide bonds. The molecular weight excluding hydrogens is 234 g/mol. The van der Waals surface area contributed by atoms with Crippen LogP contribution in [-0.2, 0) is 9.59 Å². The lowest BCUT2D eigenvalue weighted by Crippen LogP contribution is -2.50. The van der Waals surface area contributed by atoms with E-state index in [2.05, 4.69) is 4.90 Å². The van der Waals surface area contributed by atoms with Crippen LogP contribution < -0.4 is 0 Å². The van der Waals surface area contributed by atoms with Gasteiger partial charge in [-0.25, -0.2) is 0 Å². The molecule has 13 heavy (non-hydrogen) atoms. The minimum absolute atomic E-state index is 0. The fraction of sp³-hybridized carbons (Fsp3) is 0.778. The van der Waals surface area contributed by atoms with Crippen LogP contribution in [0, 0.1) is 11.8 Å². The number of nitrogens with zero attached hydrogens (tertiary/aromatic N) is 1. The van der Waals surface area contributed by atoms with Gasteiger partial charge in [-0.05, 0) is 31.8 Å². The molecule has 0 spiro atoms. The van der Waals surface area contributed by atoms with Gasteiger partial charge in [0.15, 0.2) is 12.1 Å². The molecule has 3 rings (SSSR count). The number of hydrogen-bond donors (Lipinski definition) is 0. The molecule has 4 heteroatoms. The van der Waals surface area contributed by atoms with Gasteiger partial charge in [0, 0.05) is 12.5 Å². The summed E-state index contributed by atoms with van der Waals surface area (Å²) in [7, 11) is 0. The number of ketones is 1. The maximum absolute atomic E-state index is 11.2. The third-order valence-corrected chi connectivity index (χ3v) is 3.14. The highest BCUT2D eigenvalue weighted by Gasteiger charge is 2.37. The molecule has 0 saturated carbocycles. The van der Waals surface area contributed by atoms with Gasteiger partial charge in [0.25, 0.3) is 0 Å². The van der Waals surface area contributed by atoms with E-state index in [1.807, 2.05) is 0 Å². The molecule has 0 aromatic carbocycles. The number of fused-ring (bicyclic) bond motifs is 3. The van der Waals surface area contributed by atoms with Gasteiger partial charge in [0.1, 0.15) is 0 Å². The number of aldehydes is 1. The van der Waals surface area contributed by atoms with Crippen LogP contribution in [0.2, 0.25) is 0 Å². The first kappa shape index (κ1) is 10.9. The van der Waals surface area contributed by atoms with E-state index in [4.69, 9.17) is 0 Å². The molecule has 3 saturated heterocycles. The minimum Gasteiger partial charge on any atom is -0.303 e. The second kappa shape index (κ2) is 4.33. The Morgan fingerprint density at radius 1 is 1.31 bits per heavy atom. The number of Topliss-reactive ketones (excluding diaryl/α,β-unsaturated/α-hetero) is 1. The van der Waals surface area contributed by atoms with Crippen molar-refractivity contribution in [3.05, 3.63) is 0 Å². The molecule has 1 atom stereocenters. The van der Waals surface area contributed by atoms with Crippen LogP contribution in [0.4, 0.5) is 0 Å². The Kier molecular flexibility index (Phi) is 3.62. The van der Waals surface area contributed by atoms with Crippen LogP contribution in [0.25, 0.3) is 0 Å². The van der Waals surface area contributed by atoms with Gasteiger partial charge in [-0.1, -0.05) is 0 Å². The van der Waals surface area contributed by atoms with Gasteiger partial charge in [-0.15, -0.1) is 17.0 Å². The zero-order valence-corrected chi connectivity index (χ0v) is 9.15. The van der Waals surface area contributed by atoms with Crippen molar-refractivity contribution in [3.63, 3.8) is 0 Å². The number of halogens is 1. The van der Waals surface area contributed by atoms with Crippen molar-refractivity contribution < 1.29 is 9.59 Å². The minimum atomic E-state index is -0.190. The Balaban J connectivity index is 0.000000845. The summed E-state index contributed by atoms with van der Waals surface area (Å²) >= 11 is 0. The lowest BCUT2D eigenvalue weighted by molar-refractivity contribution is -0.136. The van der Waals surface area contributed by atoms with Crippen molar-refractivity contribution in [1.82, 2.24) is 4.90 Å². The molecule has 74 valence electrons. The first-order valence-electron chi connectivity index (χ1n) is 4.52. The van der Waals surface area contributed by atoms with Gasteiger partial charge in [-0.2, -0.15) is 0 Å². The molecule has 3 nitrogen and oxygen atoms in total. The summed E-state index contributed by atoms with van der Waals surface area (Å²) in [5, 5.41) is 0. The number of piperidine rings is 3. The van der Waals surface area contributed by atoms with E-state index in [0.717, 1.165) is 32.5 Å². The Labute approximate surface area is 88.2 Å². The molecule has 3 heterocycles. The third-order valence-electron chi connectivity index (χ3n) is 3.14. The molecule has 0 radical (unpaired) electrons. The maximum atomic E-state index is 11.2.